The van der Waals surface area contributed by atoms with E-state index in [-0.39, 0.29) is 20.7 Å². The molecule has 2 N–H and O–H groups in total. The molecule has 110 valence electrons. The van der Waals surface area contributed by atoms with Crippen LogP contribution in [0.4, 0.5) is 5.82 Å². The first-order valence-electron chi connectivity index (χ1n) is 5.47. The molecule has 0 atom stereocenters. The minimum atomic E-state index is -3.98. The van der Waals surface area contributed by atoms with Crippen LogP contribution in [0.2, 0.25) is 0 Å². The van der Waals surface area contributed by atoms with Crippen molar-refractivity contribution in [2.75, 3.05) is 4.72 Å². The number of carbonyl (C=O) groups is 1. The van der Waals surface area contributed by atoms with Gasteiger partial charge in [0.15, 0.2) is 5.82 Å². The molecule has 0 saturated heterocycles. The molecule has 21 heavy (non-hydrogen) atoms. The van der Waals surface area contributed by atoms with E-state index in [1.165, 1.54) is 18.3 Å². The minimum Gasteiger partial charge on any atom is -0.478 e. The molecule has 0 amide bonds. The molecule has 1 aromatic carbocycles. The Hall–Kier alpha value is -1.45. The van der Waals surface area contributed by atoms with E-state index in [4.69, 9.17) is 5.11 Å². The molecule has 0 bridgehead atoms. The number of hydrogen-bond donors (Lipinski definition) is 2. The van der Waals surface area contributed by atoms with Crippen molar-refractivity contribution in [3.05, 3.63) is 51.0 Å². The maximum absolute atomic E-state index is 12.4. The van der Waals surface area contributed by atoms with Gasteiger partial charge in [0.2, 0.25) is 0 Å². The number of halogens is 2. The molecule has 0 aliphatic rings. The van der Waals surface area contributed by atoms with Gasteiger partial charge in [-0.25, -0.2) is 18.2 Å². The van der Waals surface area contributed by atoms with Crippen LogP contribution in [-0.4, -0.2) is 24.5 Å². The third-order valence-corrected chi connectivity index (χ3v) is 5.43. The molecule has 0 spiro atoms. The lowest BCUT2D eigenvalue weighted by atomic mass is 10.2. The second kappa shape index (κ2) is 6.12. The first kappa shape index (κ1) is 15.9. The van der Waals surface area contributed by atoms with E-state index in [9.17, 15) is 13.2 Å². The Morgan fingerprint density at radius 1 is 1.19 bits per heavy atom. The van der Waals surface area contributed by atoms with Crippen molar-refractivity contribution in [2.24, 2.45) is 0 Å². The zero-order valence-corrected chi connectivity index (χ0v) is 14.2. The van der Waals surface area contributed by atoms with Crippen molar-refractivity contribution in [2.45, 2.75) is 4.90 Å². The van der Waals surface area contributed by atoms with Crippen molar-refractivity contribution in [1.82, 2.24) is 4.98 Å². The van der Waals surface area contributed by atoms with Crippen LogP contribution in [0.25, 0.3) is 0 Å². The van der Waals surface area contributed by atoms with Gasteiger partial charge >= 0.3 is 5.97 Å². The molecule has 1 heterocycles. The number of nitrogens with one attached hydrogen (secondary N) is 1. The van der Waals surface area contributed by atoms with Gasteiger partial charge in [-0.05, 0) is 62.2 Å². The zero-order chi connectivity index (χ0) is 15.6. The molecule has 0 unspecified atom stereocenters. The third kappa shape index (κ3) is 3.60. The van der Waals surface area contributed by atoms with E-state index in [1.54, 1.807) is 12.1 Å². The molecule has 0 radical (unpaired) electrons. The lowest BCUT2D eigenvalue weighted by Crippen LogP contribution is -2.15. The number of sulfonamides is 1. The largest absolute Gasteiger partial charge is 0.478 e. The van der Waals surface area contributed by atoms with Crippen molar-refractivity contribution in [1.29, 1.82) is 0 Å². The van der Waals surface area contributed by atoms with Crippen molar-refractivity contribution in [3.63, 3.8) is 0 Å². The fourth-order valence-electron chi connectivity index (χ4n) is 1.49. The van der Waals surface area contributed by atoms with E-state index >= 15 is 0 Å². The van der Waals surface area contributed by atoms with Gasteiger partial charge in [-0.2, -0.15) is 0 Å². The number of hydrogen-bond acceptors (Lipinski definition) is 4. The Balaban J connectivity index is 2.47. The molecule has 2 aromatic rings. The number of rotatable bonds is 4. The molecule has 0 fully saturated rings. The highest BCUT2D eigenvalue weighted by molar-refractivity contribution is 9.11. The van der Waals surface area contributed by atoms with E-state index in [0.29, 0.717) is 4.47 Å². The van der Waals surface area contributed by atoms with Gasteiger partial charge in [0.05, 0.1) is 10.0 Å². The standard InChI is InChI=1S/C12H8Br2N2O4S/c13-8-4-3-7(12(17)18)6-10(8)21(19,20)16-11-9(14)2-1-5-15-11/h1-6H,(H,15,16)(H,17,18). The van der Waals surface area contributed by atoms with Gasteiger partial charge < -0.3 is 5.11 Å². The molecular formula is C12H8Br2N2O4S. The number of aromatic carboxylic acids is 1. The number of pyridine rings is 1. The third-order valence-electron chi connectivity index (χ3n) is 2.46. The summed E-state index contributed by atoms with van der Waals surface area (Å²) in [5.41, 5.74) is -0.126. The summed E-state index contributed by atoms with van der Waals surface area (Å²) in [7, 11) is -3.98. The number of anilines is 1. The minimum absolute atomic E-state index is 0.116. The van der Waals surface area contributed by atoms with Gasteiger partial charge in [-0.3, -0.25) is 4.72 Å². The summed E-state index contributed by atoms with van der Waals surface area (Å²) < 4.78 is 27.7. The summed E-state index contributed by atoms with van der Waals surface area (Å²) in [4.78, 5) is 14.7. The van der Waals surface area contributed by atoms with E-state index in [1.807, 2.05) is 0 Å². The molecule has 0 aliphatic heterocycles. The average Bonchev–Trinajstić information content (AvgIpc) is 2.41. The van der Waals surface area contributed by atoms with Crippen LogP contribution in [0.3, 0.4) is 0 Å². The van der Waals surface area contributed by atoms with Crippen molar-refractivity contribution >= 4 is 53.7 Å². The normalized spacial score (nSPS) is 11.1. The molecule has 6 nitrogen and oxygen atoms in total. The summed E-state index contributed by atoms with van der Waals surface area (Å²) in [5, 5.41) is 8.95. The smallest absolute Gasteiger partial charge is 0.335 e. The summed E-state index contributed by atoms with van der Waals surface area (Å²) >= 11 is 6.29. The number of aromatic nitrogens is 1. The Kier molecular flexibility index (Phi) is 4.64. The number of carboxylic acids is 1. The van der Waals surface area contributed by atoms with Gasteiger partial charge in [0.25, 0.3) is 10.0 Å². The quantitative estimate of drug-likeness (QED) is 0.768. The molecule has 0 aliphatic carbocycles. The monoisotopic (exact) mass is 434 g/mol. The van der Waals surface area contributed by atoms with Crippen LogP contribution in [0.5, 0.6) is 0 Å². The lowest BCUT2D eigenvalue weighted by Gasteiger charge is -2.10. The van der Waals surface area contributed by atoms with Crippen LogP contribution in [0.15, 0.2) is 50.4 Å². The maximum atomic E-state index is 12.4. The molecule has 1 aromatic heterocycles. The van der Waals surface area contributed by atoms with Crippen LogP contribution >= 0.6 is 31.9 Å². The summed E-state index contributed by atoms with van der Waals surface area (Å²) in [6, 6.07) is 7.02. The van der Waals surface area contributed by atoms with E-state index < -0.39 is 16.0 Å². The molecule has 2 rings (SSSR count). The second-order valence-electron chi connectivity index (χ2n) is 3.89. The van der Waals surface area contributed by atoms with Gasteiger partial charge in [-0.1, -0.05) is 0 Å². The van der Waals surface area contributed by atoms with Gasteiger partial charge in [-0.15, -0.1) is 0 Å². The van der Waals surface area contributed by atoms with Crippen molar-refractivity contribution in [3.8, 4) is 0 Å². The zero-order valence-electron chi connectivity index (χ0n) is 10.2. The van der Waals surface area contributed by atoms with Crippen LogP contribution in [0, 0.1) is 0 Å². The van der Waals surface area contributed by atoms with E-state index in [0.717, 1.165) is 6.07 Å². The first-order valence-corrected chi connectivity index (χ1v) is 8.54. The molecule has 9 heteroatoms. The van der Waals surface area contributed by atoms with Crippen LogP contribution in [0.1, 0.15) is 10.4 Å². The summed E-state index contributed by atoms with van der Waals surface area (Å²) in [6.07, 6.45) is 1.44. The van der Waals surface area contributed by atoms with Crippen LogP contribution in [-0.2, 0) is 10.0 Å². The lowest BCUT2D eigenvalue weighted by molar-refractivity contribution is 0.0696. The number of nitrogens with zero attached hydrogens (tertiary/aromatic N) is 1. The molecule has 0 saturated carbocycles. The van der Waals surface area contributed by atoms with Gasteiger partial charge in [0, 0.05) is 10.7 Å². The fourth-order valence-corrected chi connectivity index (χ4v) is 3.99. The fraction of sp³-hybridized carbons (Fsp3) is 0. The highest BCUT2D eigenvalue weighted by Gasteiger charge is 2.21. The SMILES string of the molecule is O=C(O)c1ccc(Br)c(S(=O)(=O)Nc2ncccc2Br)c1. The highest BCUT2D eigenvalue weighted by Crippen LogP contribution is 2.27. The topological polar surface area (TPSA) is 96.4 Å². The summed E-state index contributed by atoms with van der Waals surface area (Å²) in [5.74, 6) is -1.09. The van der Waals surface area contributed by atoms with Gasteiger partial charge in [0.1, 0.15) is 4.90 Å². The van der Waals surface area contributed by atoms with Crippen molar-refractivity contribution < 1.29 is 18.3 Å². The first-order chi connectivity index (χ1) is 9.81. The predicted octanol–water partition coefficient (Wildman–Crippen LogP) is 3.11. The Morgan fingerprint density at radius 2 is 1.90 bits per heavy atom. The Labute approximate surface area is 137 Å². The van der Waals surface area contributed by atoms with Crippen LogP contribution < -0.4 is 4.72 Å². The highest BCUT2D eigenvalue weighted by atomic mass is 79.9. The number of benzene rings is 1. The second-order valence-corrected chi connectivity index (χ2v) is 7.25. The predicted molar refractivity (Wildman–Crippen MR) is 83.8 cm³/mol. The Bertz CT molecular complexity index is 809. The maximum Gasteiger partial charge on any atom is 0.335 e. The van der Waals surface area contributed by atoms with E-state index in [2.05, 4.69) is 41.6 Å². The molecular weight excluding hydrogens is 428 g/mol. The Morgan fingerprint density at radius 3 is 2.52 bits per heavy atom. The number of carboxylic acid groups (broad SMARTS) is 1. The average molecular weight is 436 g/mol. The summed E-state index contributed by atoms with van der Waals surface area (Å²) in [6.45, 7) is 0.